The largest absolute Gasteiger partial charge is 0.506 e. The second-order valence-corrected chi connectivity index (χ2v) is 8.14. The van der Waals surface area contributed by atoms with Gasteiger partial charge in [-0.15, -0.1) is 0 Å². The molecule has 5 rings (SSSR count). The van der Waals surface area contributed by atoms with Crippen LogP contribution < -0.4 is 11.2 Å². The molecule has 8 nitrogen and oxygen atoms in total. The molecule has 2 aromatic carbocycles. The van der Waals surface area contributed by atoms with Gasteiger partial charge < -0.3 is 5.11 Å². The molecule has 8 heteroatoms. The molecule has 0 unspecified atom stereocenters. The van der Waals surface area contributed by atoms with Crippen LogP contribution in [0, 0.1) is 20.8 Å². The topological polar surface area (TPSA) is 86.5 Å². The van der Waals surface area contributed by atoms with Gasteiger partial charge in [0, 0.05) is 18.4 Å². The molecule has 3 heterocycles. The van der Waals surface area contributed by atoms with Crippen molar-refractivity contribution in [1.29, 1.82) is 0 Å². The lowest BCUT2D eigenvalue weighted by molar-refractivity contribution is 0.472. The third kappa shape index (κ3) is 2.72. The molecule has 162 valence electrons. The van der Waals surface area contributed by atoms with Crippen molar-refractivity contribution in [1.82, 2.24) is 23.1 Å². The normalized spacial score (nSPS) is 11.6. The molecule has 0 amide bonds. The van der Waals surface area contributed by atoms with E-state index in [2.05, 4.69) is 4.98 Å². The first kappa shape index (κ1) is 19.9. The van der Waals surface area contributed by atoms with E-state index in [9.17, 15) is 14.7 Å². The zero-order valence-corrected chi connectivity index (χ0v) is 18.3. The lowest BCUT2D eigenvalue weighted by Gasteiger charge is -2.09. The van der Waals surface area contributed by atoms with Crippen molar-refractivity contribution in [2.45, 2.75) is 27.3 Å². The molecule has 0 aliphatic carbocycles. The van der Waals surface area contributed by atoms with Crippen molar-refractivity contribution in [3.63, 3.8) is 0 Å². The molecular weight excluding hydrogens is 406 g/mol. The van der Waals surface area contributed by atoms with E-state index in [0.717, 1.165) is 22.5 Å². The number of imidazole rings is 2. The lowest BCUT2D eigenvalue weighted by Crippen LogP contribution is -2.39. The predicted molar refractivity (Wildman–Crippen MR) is 123 cm³/mol. The quantitative estimate of drug-likeness (QED) is 0.478. The summed E-state index contributed by atoms with van der Waals surface area (Å²) in [7, 11) is 1.62. The van der Waals surface area contributed by atoms with Crippen molar-refractivity contribution in [2.24, 2.45) is 7.05 Å². The van der Waals surface area contributed by atoms with Gasteiger partial charge in [-0.3, -0.25) is 22.9 Å². The minimum atomic E-state index is -0.423. The summed E-state index contributed by atoms with van der Waals surface area (Å²) in [5, 5.41) is 10.4. The van der Waals surface area contributed by atoms with Crippen molar-refractivity contribution in [3.05, 3.63) is 91.9 Å². The molecule has 0 bridgehead atoms. The number of para-hydroxylation sites is 2. The number of benzene rings is 2. The molecule has 3 aromatic heterocycles. The van der Waals surface area contributed by atoms with Crippen LogP contribution in [0.1, 0.15) is 22.5 Å². The van der Waals surface area contributed by atoms with E-state index in [1.54, 1.807) is 34.2 Å². The summed E-state index contributed by atoms with van der Waals surface area (Å²) in [6.07, 6.45) is 0. The van der Waals surface area contributed by atoms with Crippen molar-refractivity contribution in [2.75, 3.05) is 0 Å². The zero-order chi connectivity index (χ0) is 22.7. The smallest absolute Gasteiger partial charge is 0.332 e. The highest BCUT2D eigenvalue weighted by Gasteiger charge is 2.24. The van der Waals surface area contributed by atoms with Crippen LogP contribution in [0.3, 0.4) is 0 Å². The third-order valence-electron chi connectivity index (χ3n) is 6.06. The zero-order valence-electron chi connectivity index (χ0n) is 18.3. The Morgan fingerprint density at radius 2 is 1.72 bits per heavy atom. The van der Waals surface area contributed by atoms with Crippen molar-refractivity contribution >= 4 is 16.9 Å². The maximum absolute atomic E-state index is 13.6. The first-order valence-corrected chi connectivity index (χ1v) is 10.3. The van der Waals surface area contributed by atoms with Gasteiger partial charge in [0.25, 0.3) is 5.56 Å². The van der Waals surface area contributed by atoms with Gasteiger partial charge in [-0.2, -0.15) is 4.98 Å². The Balaban J connectivity index is 1.86. The molecule has 32 heavy (non-hydrogen) atoms. The van der Waals surface area contributed by atoms with Gasteiger partial charge in [0.15, 0.2) is 11.2 Å². The number of aryl methyl sites for hydroxylation is 3. The number of nitrogens with zero attached hydrogens (tertiary/aromatic N) is 5. The summed E-state index contributed by atoms with van der Waals surface area (Å²) >= 11 is 0. The molecule has 0 radical (unpaired) electrons. The summed E-state index contributed by atoms with van der Waals surface area (Å²) in [5.74, 6) is 0.572. The van der Waals surface area contributed by atoms with E-state index in [1.165, 1.54) is 9.13 Å². The van der Waals surface area contributed by atoms with Crippen LogP contribution in [0.15, 0.2) is 58.1 Å². The van der Waals surface area contributed by atoms with E-state index in [-0.39, 0.29) is 12.3 Å². The number of aromatic hydroxyl groups is 1. The lowest BCUT2D eigenvalue weighted by atomic mass is 10.1. The van der Waals surface area contributed by atoms with Gasteiger partial charge in [-0.25, -0.2) is 4.79 Å². The molecule has 0 aliphatic rings. The predicted octanol–water partition coefficient (Wildman–Crippen LogP) is 2.82. The Morgan fingerprint density at radius 1 is 0.969 bits per heavy atom. The van der Waals surface area contributed by atoms with Crippen LogP contribution >= 0.6 is 0 Å². The molecule has 0 spiro atoms. The fourth-order valence-electron chi connectivity index (χ4n) is 4.32. The average molecular weight is 429 g/mol. The summed E-state index contributed by atoms with van der Waals surface area (Å²) in [6.45, 7) is 5.96. The van der Waals surface area contributed by atoms with Gasteiger partial charge in [0.2, 0.25) is 5.78 Å². The van der Waals surface area contributed by atoms with Crippen LogP contribution in [0.2, 0.25) is 0 Å². The molecule has 0 atom stereocenters. The summed E-state index contributed by atoms with van der Waals surface area (Å²) in [5.41, 5.74) is 3.98. The molecule has 0 fully saturated rings. The third-order valence-corrected chi connectivity index (χ3v) is 6.06. The number of fused-ring (bicyclic) bond motifs is 3. The van der Waals surface area contributed by atoms with Crippen LogP contribution in [-0.2, 0) is 13.6 Å². The fraction of sp³-hybridized carbons (Fsp3) is 0.208. The maximum Gasteiger partial charge on any atom is 0.332 e. The monoisotopic (exact) mass is 429 g/mol. The van der Waals surface area contributed by atoms with Gasteiger partial charge in [0.05, 0.1) is 12.2 Å². The van der Waals surface area contributed by atoms with Gasteiger partial charge in [-0.05, 0) is 38.5 Å². The van der Waals surface area contributed by atoms with Gasteiger partial charge in [0.1, 0.15) is 5.75 Å². The summed E-state index contributed by atoms with van der Waals surface area (Å²) in [6, 6.07) is 14.7. The highest BCUT2D eigenvalue weighted by Crippen LogP contribution is 2.29. The Hall–Kier alpha value is -4.07. The van der Waals surface area contributed by atoms with E-state index in [0.29, 0.717) is 22.6 Å². The number of aromatic nitrogens is 5. The summed E-state index contributed by atoms with van der Waals surface area (Å²) in [4.78, 5) is 31.3. The average Bonchev–Trinajstić information content (AvgIpc) is 3.26. The second kappa shape index (κ2) is 6.98. The van der Waals surface area contributed by atoms with E-state index in [4.69, 9.17) is 0 Å². The Kier molecular flexibility index (Phi) is 4.33. The molecule has 5 aromatic rings. The number of rotatable bonds is 3. The van der Waals surface area contributed by atoms with E-state index < -0.39 is 11.2 Å². The minimum Gasteiger partial charge on any atom is -0.506 e. The van der Waals surface area contributed by atoms with Crippen LogP contribution in [0.25, 0.3) is 22.6 Å². The Morgan fingerprint density at radius 3 is 2.44 bits per heavy atom. The first-order chi connectivity index (χ1) is 15.3. The number of hydrogen-bond acceptors (Lipinski definition) is 4. The molecular formula is C24H23N5O3. The SMILES string of the molecule is Cc1cccc(Cn2c(=O)c3c(nc4n(-c5ccccc5O)c(C)c(C)n34)n(C)c2=O)c1. The van der Waals surface area contributed by atoms with E-state index in [1.807, 2.05) is 51.1 Å². The minimum absolute atomic E-state index is 0.103. The Bertz CT molecular complexity index is 1650. The molecule has 0 saturated heterocycles. The standard InChI is InChI=1S/C24H23N5O3/c1-14-8-7-9-17(12-14)13-27-22(31)20-21(26(4)24(27)32)25-23-28(15(2)16(3)29(20)23)18-10-5-6-11-19(18)30/h5-12,30H,13H2,1-4H3. The second-order valence-electron chi connectivity index (χ2n) is 8.14. The molecule has 0 saturated carbocycles. The van der Waals surface area contributed by atoms with Crippen molar-refractivity contribution in [3.8, 4) is 11.4 Å². The summed E-state index contributed by atoms with van der Waals surface area (Å²) < 4.78 is 6.23. The highest BCUT2D eigenvalue weighted by atomic mass is 16.3. The van der Waals surface area contributed by atoms with Gasteiger partial charge >= 0.3 is 5.69 Å². The number of hydrogen-bond donors (Lipinski definition) is 1. The number of phenolic OH excluding ortho intramolecular Hbond substituents is 1. The van der Waals surface area contributed by atoms with E-state index >= 15 is 0 Å². The molecule has 0 aliphatic heterocycles. The van der Waals surface area contributed by atoms with Crippen LogP contribution in [-0.4, -0.2) is 28.2 Å². The molecule has 1 N–H and O–H groups in total. The van der Waals surface area contributed by atoms with Crippen LogP contribution in [0.4, 0.5) is 0 Å². The van der Waals surface area contributed by atoms with Gasteiger partial charge in [-0.1, -0.05) is 42.0 Å². The van der Waals surface area contributed by atoms with Crippen LogP contribution in [0.5, 0.6) is 5.75 Å². The van der Waals surface area contributed by atoms with Crippen molar-refractivity contribution < 1.29 is 5.11 Å². The Labute approximate surface area is 183 Å². The highest BCUT2D eigenvalue weighted by molar-refractivity contribution is 5.77. The first-order valence-electron chi connectivity index (χ1n) is 10.3. The maximum atomic E-state index is 13.6. The fourth-order valence-corrected chi connectivity index (χ4v) is 4.32. The number of phenols is 1.